The average molecular weight is 324 g/mol. The number of aromatic nitrogens is 1. The number of thiazole rings is 1. The van der Waals surface area contributed by atoms with Crippen molar-refractivity contribution in [1.82, 2.24) is 4.57 Å². The van der Waals surface area contributed by atoms with Crippen molar-refractivity contribution in [2.75, 3.05) is 0 Å². The Labute approximate surface area is 139 Å². The highest BCUT2D eigenvalue weighted by Crippen LogP contribution is 2.22. The first-order chi connectivity index (χ1) is 11.0. The molecule has 0 spiro atoms. The molecule has 118 valence electrons. The number of fused-ring (bicyclic) bond motifs is 1. The van der Waals surface area contributed by atoms with E-state index in [1.807, 2.05) is 41.9 Å². The van der Waals surface area contributed by atoms with E-state index >= 15 is 0 Å². The summed E-state index contributed by atoms with van der Waals surface area (Å²) in [5, 5.41) is 0. The molecule has 1 amide bonds. The lowest BCUT2D eigenvalue weighted by Gasteiger charge is -2.04. The molecule has 0 radical (unpaired) electrons. The lowest BCUT2D eigenvalue weighted by atomic mass is 10.0. The van der Waals surface area contributed by atoms with Gasteiger partial charge in [0.25, 0.3) is 5.91 Å². The van der Waals surface area contributed by atoms with Crippen molar-refractivity contribution in [1.29, 1.82) is 0 Å². The van der Waals surface area contributed by atoms with Gasteiger partial charge in [-0.25, -0.2) is 0 Å². The van der Waals surface area contributed by atoms with Gasteiger partial charge < -0.3 is 4.57 Å². The molecule has 0 aliphatic carbocycles. The normalized spacial score (nSPS) is 12.3. The smallest absolute Gasteiger partial charge is 0.252 e. The maximum absolute atomic E-state index is 12.2. The first-order valence-corrected chi connectivity index (χ1v) is 8.57. The standard InChI is InChI=1S/C19H20N2OS/c1-13(2)15-9-10-16-17(12-15)23-19(21(16)3)20-18(22)11-14-7-5-4-6-8-14/h4-10,12-13H,11H2,1-3H3. The Kier molecular flexibility index (Phi) is 4.44. The molecule has 4 heteroatoms. The number of aryl methyl sites for hydroxylation is 1. The maximum Gasteiger partial charge on any atom is 0.252 e. The van der Waals surface area contributed by atoms with Crippen molar-refractivity contribution in [3.8, 4) is 0 Å². The maximum atomic E-state index is 12.2. The van der Waals surface area contributed by atoms with Gasteiger partial charge in [-0.15, -0.1) is 0 Å². The van der Waals surface area contributed by atoms with E-state index in [4.69, 9.17) is 0 Å². The van der Waals surface area contributed by atoms with Crippen LogP contribution in [0.2, 0.25) is 0 Å². The third-order valence-electron chi connectivity index (χ3n) is 3.92. The summed E-state index contributed by atoms with van der Waals surface area (Å²) in [5.74, 6) is 0.384. The molecule has 0 N–H and O–H groups in total. The lowest BCUT2D eigenvalue weighted by molar-refractivity contribution is -0.117. The molecule has 3 rings (SSSR count). The van der Waals surface area contributed by atoms with E-state index < -0.39 is 0 Å². The van der Waals surface area contributed by atoms with E-state index in [0.717, 1.165) is 15.9 Å². The molecule has 0 saturated carbocycles. The van der Waals surface area contributed by atoms with Gasteiger partial charge in [0.15, 0.2) is 4.80 Å². The largest absolute Gasteiger partial charge is 0.319 e. The molecule has 3 aromatic rings. The Morgan fingerprint density at radius 3 is 2.61 bits per heavy atom. The van der Waals surface area contributed by atoms with Crippen molar-refractivity contribution < 1.29 is 4.79 Å². The van der Waals surface area contributed by atoms with E-state index in [1.54, 1.807) is 11.3 Å². The average Bonchev–Trinajstić information content (AvgIpc) is 2.83. The summed E-state index contributed by atoms with van der Waals surface area (Å²) in [4.78, 5) is 17.3. The minimum atomic E-state index is -0.109. The van der Waals surface area contributed by atoms with Crippen LogP contribution in [0.5, 0.6) is 0 Å². The van der Waals surface area contributed by atoms with Crippen LogP contribution in [0.15, 0.2) is 53.5 Å². The third-order valence-corrected chi connectivity index (χ3v) is 5.01. The summed E-state index contributed by atoms with van der Waals surface area (Å²) in [6.45, 7) is 4.37. The van der Waals surface area contributed by atoms with Crippen LogP contribution < -0.4 is 4.80 Å². The number of nitrogens with zero attached hydrogens (tertiary/aromatic N) is 2. The first kappa shape index (κ1) is 15.7. The highest BCUT2D eigenvalue weighted by Gasteiger charge is 2.08. The van der Waals surface area contributed by atoms with Crippen molar-refractivity contribution in [2.45, 2.75) is 26.2 Å². The molecule has 0 atom stereocenters. The second kappa shape index (κ2) is 6.50. The van der Waals surface area contributed by atoms with Crippen molar-refractivity contribution in [3.63, 3.8) is 0 Å². The summed E-state index contributed by atoms with van der Waals surface area (Å²) in [6.07, 6.45) is 0.340. The number of carbonyl (C=O) groups is 1. The second-order valence-electron chi connectivity index (χ2n) is 5.99. The predicted molar refractivity (Wildman–Crippen MR) is 95.6 cm³/mol. The number of benzene rings is 2. The van der Waals surface area contributed by atoms with Crippen LogP contribution in [0.1, 0.15) is 30.9 Å². The van der Waals surface area contributed by atoms with Crippen molar-refractivity contribution in [3.05, 3.63) is 64.5 Å². The van der Waals surface area contributed by atoms with Gasteiger partial charge in [0, 0.05) is 7.05 Å². The summed E-state index contributed by atoms with van der Waals surface area (Å²) in [5.41, 5.74) is 3.42. The van der Waals surface area contributed by atoms with E-state index in [9.17, 15) is 4.79 Å². The molecular weight excluding hydrogens is 304 g/mol. The number of carbonyl (C=O) groups excluding carboxylic acids is 1. The Morgan fingerprint density at radius 2 is 1.91 bits per heavy atom. The fourth-order valence-corrected chi connectivity index (χ4v) is 3.62. The fourth-order valence-electron chi connectivity index (χ4n) is 2.53. The molecule has 0 bridgehead atoms. The fraction of sp³-hybridized carbons (Fsp3) is 0.263. The molecule has 0 fully saturated rings. The van der Waals surface area contributed by atoms with Crippen LogP contribution in [0, 0.1) is 0 Å². The van der Waals surface area contributed by atoms with E-state index in [1.165, 1.54) is 10.3 Å². The van der Waals surface area contributed by atoms with Crippen LogP contribution in [0.25, 0.3) is 10.2 Å². The third kappa shape index (κ3) is 3.42. The quantitative estimate of drug-likeness (QED) is 0.716. The highest BCUT2D eigenvalue weighted by atomic mass is 32.1. The zero-order valence-electron chi connectivity index (χ0n) is 13.6. The molecule has 1 aromatic heterocycles. The van der Waals surface area contributed by atoms with Crippen LogP contribution in [-0.4, -0.2) is 10.5 Å². The van der Waals surface area contributed by atoms with Crippen LogP contribution in [0.3, 0.4) is 0 Å². The minimum absolute atomic E-state index is 0.109. The Morgan fingerprint density at radius 1 is 1.17 bits per heavy atom. The molecule has 23 heavy (non-hydrogen) atoms. The molecule has 0 saturated heterocycles. The van der Waals surface area contributed by atoms with E-state index in [0.29, 0.717) is 12.3 Å². The Balaban J connectivity index is 1.95. The predicted octanol–water partition coefficient (Wildman–Crippen LogP) is 4.03. The topological polar surface area (TPSA) is 34.4 Å². The zero-order valence-corrected chi connectivity index (χ0v) is 14.4. The molecule has 1 heterocycles. The number of rotatable bonds is 3. The van der Waals surface area contributed by atoms with Gasteiger partial charge in [0.1, 0.15) is 0 Å². The van der Waals surface area contributed by atoms with Crippen molar-refractivity contribution in [2.24, 2.45) is 12.0 Å². The molecule has 0 aliphatic rings. The number of hydrogen-bond acceptors (Lipinski definition) is 2. The molecule has 0 aliphatic heterocycles. The lowest BCUT2D eigenvalue weighted by Crippen LogP contribution is -2.14. The molecule has 3 nitrogen and oxygen atoms in total. The Bertz CT molecular complexity index is 904. The van der Waals surface area contributed by atoms with Gasteiger partial charge in [0.2, 0.25) is 0 Å². The van der Waals surface area contributed by atoms with Gasteiger partial charge in [-0.1, -0.05) is 61.6 Å². The second-order valence-corrected chi connectivity index (χ2v) is 7.00. The minimum Gasteiger partial charge on any atom is -0.319 e. The molecule has 2 aromatic carbocycles. The van der Waals surface area contributed by atoms with Crippen LogP contribution >= 0.6 is 11.3 Å². The van der Waals surface area contributed by atoms with Crippen molar-refractivity contribution >= 4 is 27.5 Å². The Hall–Kier alpha value is -2.20. The van der Waals surface area contributed by atoms with E-state index in [2.05, 4.69) is 37.0 Å². The van der Waals surface area contributed by atoms with Gasteiger partial charge in [-0.05, 0) is 29.2 Å². The van der Waals surface area contributed by atoms with Gasteiger partial charge >= 0.3 is 0 Å². The van der Waals surface area contributed by atoms with Gasteiger partial charge in [-0.2, -0.15) is 4.99 Å². The van der Waals surface area contributed by atoms with Gasteiger partial charge in [0.05, 0.1) is 16.6 Å². The highest BCUT2D eigenvalue weighted by molar-refractivity contribution is 7.16. The van der Waals surface area contributed by atoms with Crippen LogP contribution in [-0.2, 0) is 18.3 Å². The van der Waals surface area contributed by atoms with Crippen LogP contribution in [0.4, 0.5) is 0 Å². The number of amides is 1. The SMILES string of the molecule is CC(C)c1ccc2c(c1)sc(=NC(=O)Cc1ccccc1)n2C. The number of hydrogen-bond donors (Lipinski definition) is 0. The summed E-state index contributed by atoms with van der Waals surface area (Å²) in [7, 11) is 1.96. The molecular formula is C19H20N2OS. The summed E-state index contributed by atoms with van der Waals surface area (Å²) < 4.78 is 3.16. The van der Waals surface area contributed by atoms with Gasteiger partial charge in [-0.3, -0.25) is 4.79 Å². The zero-order chi connectivity index (χ0) is 16.4. The van der Waals surface area contributed by atoms with E-state index in [-0.39, 0.29) is 5.91 Å². The first-order valence-electron chi connectivity index (χ1n) is 7.75. The summed E-state index contributed by atoms with van der Waals surface area (Å²) >= 11 is 1.57. The monoisotopic (exact) mass is 324 g/mol. The molecule has 0 unspecified atom stereocenters. The summed E-state index contributed by atoms with van der Waals surface area (Å²) in [6, 6.07) is 16.2.